The summed E-state index contributed by atoms with van der Waals surface area (Å²) in [6.45, 7) is 2.61. The van der Waals surface area contributed by atoms with Crippen molar-refractivity contribution in [3.8, 4) is 11.5 Å². The fraction of sp³-hybridized carbons (Fsp3) is 0.350. The Morgan fingerprint density at radius 3 is 2.76 bits per heavy atom. The molecular formula is C20H23ClN2O2. The molecule has 1 aliphatic heterocycles. The summed E-state index contributed by atoms with van der Waals surface area (Å²) < 4.78 is 5.77. The Labute approximate surface area is 153 Å². The number of carbonyl (C=O) groups excluding carboxylic acids is 1. The van der Waals surface area contributed by atoms with Gasteiger partial charge in [-0.15, -0.1) is 0 Å². The smallest absolute Gasteiger partial charge is 0.253 e. The van der Waals surface area contributed by atoms with E-state index in [0.717, 1.165) is 26.1 Å². The van der Waals surface area contributed by atoms with Crippen molar-refractivity contribution in [3.05, 3.63) is 59.1 Å². The molecule has 1 fully saturated rings. The highest BCUT2D eigenvalue weighted by Crippen LogP contribution is 2.25. The van der Waals surface area contributed by atoms with Crippen LogP contribution in [0.2, 0.25) is 5.02 Å². The molecule has 1 heterocycles. The molecule has 0 aromatic heterocycles. The van der Waals surface area contributed by atoms with Gasteiger partial charge in [-0.3, -0.25) is 4.79 Å². The van der Waals surface area contributed by atoms with Gasteiger partial charge in [-0.1, -0.05) is 17.7 Å². The first-order chi connectivity index (χ1) is 12.2. The number of hydrogen-bond donors (Lipinski definition) is 1. The zero-order valence-corrected chi connectivity index (χ0v) is 15.1. The summed E-state index contributed by atoms with van der Waals surface area (Å²) in [6.07, 6.45) is 2.24. The van der Waals surface area contributed by atoms with E-state index < -0.39 is 0 Å². The maximum absolute atomic E-state index is 12.7. The lowest BCUT2D eigenvalue weighted by molar-refractivity contribution is 0.0674. The Bertz CT molecular complexity index is 716. The monoisotopic (exact) mass is 358 g/mol. The number of nitrogens with one attached hydrogen (secondary N) is 1. The van der Waals surface area contributed by atoms with E-state index in [-0.39, 0.29) is 5.91 Å². The first-order valence-electron chi connectivity index (χ1n) is 8.63. The molecule has 3 rings (SSSR count). The summed E-state index contributed by atoms with van der Waals surface area (Å²) in [6, 6.07) is 14.5. The molecule has 1 N–H and O–H groups in total. The molecule has 1 amide bonds. The maximum atomic E-state index is 12.7. The van der Waals surface area contributed by atoms with Gasteiger partial charge in [0.15, 0.2) is 0 Å². The molecule has 1 saturated heterocycles. The van der Waals surface area contributed by atoms with Crippen LogP contribution in [0, 0.1) is 5.92 Å². The van der Waals surface area contributed by atoms with Gasteiger partial charge in [0.05, 0.1) is 0 Å². The van der Waals surface area contributed by atoms with E-state index in [1.165, 1.54) is 6.42 Å². The number of nitrogens with zero attached hydrogens (tertiary/aromatic N) is 1. The van der Waals surface area contributed by atoms with E-state index in [1.807, 2.05) is 48.3 Å². The van der Waals surface area contributed by atoms with E-state index in [1.54, 1.807) is 12.1 Å². The van der Waals surface area contributed by atoms with Crippen LogP contribution in [0.1, 0.15) is 23.2 Å². The van der Waals surface area contributed by atoms with Gasteiger partial charge in [0.25, 0.3) is 5.91 Å². The minimum atomic E-state index is 0.0927. The molecule has 0 bridgehead atoms. The fourth-order valence-corrected chi connectivity index (χ4v) is 3.40. The molecule has 0 aliphatic carbocycles. The molecule has 25 heavy (non-hydrogen) atoms. The minimum absolute atomic E-state index is 0.0927. The highest BCUT2D eigenvalue weighted by molar-refractivity contribution is 6.30. The van der Waals surface area contributed by atoms with Crippen molar-refractivity contribution >= 4 is 17.5 Å². The second kappa shape index (κ2) is 8.37. The summed E-state index contributed by atoms with van der Waals surface area (Å²) in [4.78, 5) is 14.7. The Hall–Kier alpha value is -2.04. The number of piperidine rings is 1. The second-order valence-corrected chi connectivity index (χ2v) is 6.84. The van der Waals surface area contributed by atoms with E-state index in [9.17, 15) is 4.79 Å². The van der Waals surface area contributed by atoms with E-state index in [4.69, 9.17) is 16.3 Å². The Morgan fingerprint density at radius 1 is 1.24 bits per heavy atom. The van der Waals surface area contributed by atoms with Crippen LogP contribution in [-0.4, -0.2) is 37.5 Å². The SMILES string of the molecule is CNCC1CCCN(C(=O)c2ccc(Oc3cccc(Cl)c3)cc2)C1. The summed E-state index contributed by atoms with van der Waals surface area (Å²) in [5, 5.41) is 3.84. The summed E-state index contributed by atoms with van der Waals surface area (Å²) in [5.74, 6) is 1.99. The van der Waals surface area contributed by atoms with E-state index in [2.05, 4.69) is 5.32 Å². The van der Waals surface area contributed by atoms with Crippen LogP contribution in [0.3, 0.4) is 0 Å². The third-order valence-electron chi connectivity index (χ3n) is 4.43. The van der Waals surface area contributed by atoms with Crippen molar-refractivity contribution in [2.45, 2.75) is 12.8 Å². The van der Waals surface area contributed by atoms with Crippen molar-refractivity contribution < 1.29 is 9.53 Å². The third kappa shape index (κ3) is 4.74. The molecule has 1 unspecified atom stereocenters. The second-order valence-electron chi connectivity index (χ2n) is 6.40. The molecule has 132 valence electrons. The van der Waals surface area contributed by atoms with Gasteiger partial charge in [0, 0.05) is 23.7 Å². The normalized spacial score (nSPS) is 17.4. The van der Waals surface area contributed by atoms with Crippen LogP contribution >= 0.6 is 11.6 Å². The average Bonchev–Trinajstić information content (AvgIpc) is 2.62. The lowest BCUT2D eigenvalue weighted by Gasteiger charge is -2.32. The van der Waals surface area contributed by atoms with Crippen molar-refractivity contribution in [2.24, 2.45) is 5.92 Å². The standard InChI is InChI=1S/C20H23ClN2O2/c1-22-13-15-4-3-11-23(14-15)20(24)16-7-9-18(10-8-16)25-19-6-2-5-17(21)12-19/h2,5-10,12,15,22H,3-4,11,13-14H2,1H3. The van der Waals surface area contributed by atoms with Crippen LogP contribution in [0.25, 0.3) is 0 Å². The molecule has 0 saturated carbocycles. The molecule has 0 spiro atoms. The van der Waals surface area contributed by atoms with Crippen molar-refractivity contribution in [3.63, 3.8) is 0 Å². The molecule has 1 atom stereocenters. The van der Waals surface area contributed by atoms with Gasteiger partial charge in [-0.05, 0) is 74.8 Å². The average molecular weight is 359 g/mol. The highest BCUT2D eigenvalue weighted by Gasteiger charge is 2.24. The number of halogens is 1. The Morgan fingerprint density at radius 2 is 2.04 bits per heavy atom. The van der Waals surface area contributed by atoms with Crippen molar-refractivity contribution in [1.29, 1.82) is 0 Å². The molecule has 5 heteroatoms. The lowest BCUT2D eigenvalue weighted by Crippen LogP contribution is -2.42. The van der Waals surface area contributed by atoms with Crippen LogP contribution in [-0.2, 0) is 0 Å². The number of amides is 1. The van der Waals surface area contributed by atoms with Gasteiger partial charge in [0.2, 0.25) is 0 Å². The molecule has 0 radical (unpaired) electrons. The zero-order valence-electron chi connectivity index (χ0n) is 14.4. The fourth-order valence-electron chi connectivity index (χ4n) is 3.22. The minimum Gasteiger partial charge on any atom is -0.457 e. The highest BCUT2D eigenvalue weighted by atomic mass is 35.5. The number of carbonyl (C=O) groups is 1. The molecule has 2 aromatic rings. The van der Waals surface area contributed by atoms with Gasteiger partial charge in [0.1, 0.15) is 11.5 Å². The van der Waals surface area contributed by atoms with E-state index in [0.29, 0.717) is 28.0 Å². The molecular weight excluding hydrogens is 336 g/mol. The largest absolute Gasteiger partial charge is 0.457 e. The number of rotatable bonds is 5. The topological polar surface area (TPSA) is 41.6 Å². The van der Waals surface area contributed by atoms with Crippen LogP contribution < -0.4 is 10.1 Å². The number of benzene rings is 2. The lowest BCUT2D eigenvalue weighted by atomic mass is 9.97. The summed E-state index contributed by atoms with van der Waals surface area (Å²) in [7, 11) is 1.96. The zero-order chi connectivity index (χ0) is 17.6. The van der Waals surface area contributed by atoms with Crippen LogP contribution in [0.4, 0.5) is 0 Å². The number of hydrogen-bond acceptors (Lipinski definition) is 3. The Balaban J connectivity index is 1.64. The van der Waals surface area contributed by atoms with Gasteiger partial charge in [-0.2, -0.15) is 0 Å². The van der Waals surface area contributed by atoms with Crippen LogP contribution in [0.5, 0.6) is 11.5 Å². The number of likely N-dealkylation sites (tertiary alicyclic amines) is 1. The van der Waals surface area contributed by atoms with Gasteiger partial charge in [-0.25, -0.2) is 0 Å². The van der Waals surface area contributed by atoms with E-state index >= 15 is 0 Å². The predicted molar refractivity (Wildman–Crippen MR) is 101 cm³/mol. The first-order valence-corrected chi connectivity index (χ1v) is 9.01. The molecule has 1 aliphatic rings. The van der Waals surface area contributed by atoms with Crippen LogP contribution in [0.15, 0.2) is 48.5 Å². The molecule has 4 nitrogen and oxygen atoms in total. The maximum Gasteiger partial charge on any atom is 0.253 e. The third-order valence-corrected chi connectivity index (χ3v) is 4.67. The number of ether oxygens (including phenoxy) is 1. The predicted octanol–water partition coefficient (Wildman–Crippen LogP) is 4.20. The quantitative estimate of drug-likeness (QED) is 0.870. The Kier molecular flexibility index (Phi) is 5.95. The van der Waals surface area contributed by atoms with Crippen molar-refractivity contribution in [2.75, 3.05) is 26.7 Å². The van der Waals surface area contributed by atoms with Crippen molar-refractivity contribution in [1.82, 2.24) is 10.2 Å². The summed E-state index contributed by atoms with van der Waals surface area (Å²) >= 11 is 5.96. The van der Waals surface area contributed by atoms with Gasteiger partial charge >= 0.3 is 0 Å². The summed E-state index contributed by atoms with van der Waals surface area (Å²) in [5.41, 5.74) is 0.698. The molecule has 2 aromatic carbocycles. The van der Waals surface area contributed by atoms with Gasteiger partial charge < -0.3 is 15.0 Å². The first kappa shape index (κ1) is 17.8.